The first-order chi connectivity index (χ1) is 14.4. The average molecular weight is 442 g/mol. The van der Waals surface area contributed by atoms with Crippen LogP contribution in [0.25, 0.3) is 6.08 Å². The van der Waals surface area contributed by atoms with Gasteiger partial charge >= 0.3 is 0 Å². The molecule has 1 N–H and O–H groups in total. The van der Waals surface area contributed by atoms with Gasteiger partial charge in [0.2, 0.25) is 5.91 Å². The number of halogens is 2. The van der Waals surface area contributed by atoms with Crippen LogP contribution in [0.2, 0.25) is 10.0 Å². The summed E-state index contributed by atoms with van der Waals surface area (Å²) in [6, 6.07) is 18.3. The molecular weight excluding hydrogens is 421 g/mol. The van der Waals surface area contributed by atoms with Crippen molar-refractivity contribution in [1.29, 1.82) is 0 Å². The fraction of sp³-hybridized carbons (Fsp3) is 0.125. The van der Waals surface area contributed by atoms with Gasteiger partial charge in [0.15, 0.2) is 11.5 Å². The zero-order chi connectivity index (χ0) is 21.5. The van der Waals surface area contributed by atoms with Crippen LogP contribution in [0.5, 0.6) is 11.5 Å². The summed E-state index contributed by atoms with van der Waals surface area (Å²) in [6.45, 7) is 2.30. The molecule has 0 radical (unpaired) electrons. The second kappa shape index (κ2) is 10.2. The molecule has 0 bridgehead atoms. The van der Waals surface area contributed by atoms with Gasteiger partial charge in [-0.2, -0.15) is 0 Å². The molecule has 0 fully saturated rings. The number of ether oxygens (including phenoxy) is 2. The molecule has 4 nitrogen and oxygen atoms in total. The van der Waals surface area contributed by atoms with E-state index < -0.39 is 0 Å². The van der Waals surface area contributed by atoms with Crippen LogP contribution in [0.3, 0.4) is 0 Å². The van der Waals surface area contributed by atoms with Gasteiger partial charge in [-0.15, -0.1) is 0 Å². The molecule has 3 aromatic carbocycles. The molecule has 3 rings (SSSR count). The molecule has 0 saturated heterocycles. The summed E-state index contributed by atoms with van der Waals surface area (Å²) in [5.41, 5.74) is 3.40. The third-order valence-electron chi connectivity index (χ3n) is 4.36. The fourth-order valence-electron chi connectivity index (χ4n) is 2.68. The monoisotopic (exact) mass is 441 g/mol. The lowest BCUT2D eigenvalue weighted by Gasteiger charge is -2.11. The number of benzene rings is 3. The van der Waals surface area contributed by atoms with E-state index in [2.05, 4.69) is 5.32 Å². The number of carbonyl (C=O) groups excluding carboxylic acids is 1. The van der Waals surface area contributed by atoms with Gasteiger partial charge in [0.25, 0.3) is 0 Å². The molecule has 3 aromatic rings. The van der Waals surface area contributed by atoms with Crippen LogP contribution in [-0.2, 0) is 11.4 Å². The summed E-state index contributed by atoms with van der Waals surface area (Å²) in [6.07, 6.45) is 3.16. The van der Waals surface area contributed by atoms with Crippen molar-refractivity contribution in [2.45, 2.75) is 13.5 Å². The SMILES string of the molecule is COc1cc(/C=C/C(=O)Nc2ccc(C)c(Cl)c2)ccc1OCc1ccc(Cl)cc1. The summed E-state index contributed by atoms with van der Waals surface area (Å²) in [4.78, 5) is 12.2. The lowest BCUT2D eigenvalue weighted by molar-refractivity contribution is -0.111. The molecule has 0 saturated carbocycles. The maximum atomic E-state index is 12.2. The topological polar surface area (TPSA) is 47.6 Å². The van der Waals surface area contributed by atoms with Crippen molar-refractivity contribution in [1.82, 2.24) is 0 Å². The van der Waals surface area contributed by atoms with Crippen molar-refractivity contribution in [2.24, 2.45) is 0 Å². The van der Waals surface area contributed by atoms with Gasteiger partial charge in [0.05, 0.1) is 7.11 Å². The summed E-state index contributed by atoms with van der Waals surface area (Å²) in [5, 5.41) is 4.08. The smallest absolute Gasteiger partial charge is 0.248 e. The normalized spacial score (nSPS) is 10.8. The van der Waals surface area contributed by atoms with E-state index in [4.69, 9.17) is 32.7 Å². The number of carbonyl (C=O) groups is 1. The second-order valence-corrected chi connectivity index (χ2v) is 7.46. The first kappa shape index (κ1) is 21.8. The van der Waals surface area contributed by atoms with Crippen LogP contribution in [0.1, 0.15) is 16.7 Å². The lowest BCUT2D eigenvalue weighted by Crippen LogP contribution is -2.07. The zero-order valence-electron chi connectivity index (χ0n) is 16.6. The molecule has 0 heterocycles. The highest BCUT2D eigenvalue weighted by Crippen LogP contribution is 2.29. The van der Waals surface area contributed by atoms with Gasteiger partial charge in [-0.1, -0.05) is 47.5 Å². The van der Waals surface area contributed by atoms with Gasteiger partial charge in [0.1, 0.15) is 6.61 Å². The summed E-state index contributed by atoms with van der Waals surface area (Å²) in [7, 11) is 1.58. The Kier molecular flexibility index (Phi) is 7.39. The largest absolute Gasteiger partial charge is 0.493 e. The minimum absolute atomic E-state index is 0.253. The van der Waals surface area contributed by atoms with E-state index in [1.54, 1.807) is 19.3 Å². The Morgan fingerprint density at radius 3 is 2.47 bits per heavy atom. The predicted molar refractivity (Wildman–Crippen MR) is 123 cm³/mol. The third kappa shape index (κ3) is 6.02. The highest BCUT2D eigenvalue weighted by Gasteiger charge is 2.06. The van der Waals surface area contributed by atoms with Crippen molar-refractivity contribution in [3.8, 4) is 11.5 Å². The van der Waals surface area contributed by atoms with Gasteiger partial charge in [-0.25, -0.2) is 0 Å². The Bertz CT molecular complexity index is 1060. The number of amides is 1. The van der Waals surface area contributed by atoms with E-state index >= 15 is 0 Å². The Labute approximate surface area is 186 Å². The maximum absolute atomic E-state index is 12.2. The van der Waals surface area contributed by atoms with E-state index in [1.807, 2.05) is 61.5 Å². The van der Waals surface area contributed by atoms with E-state index in [9.17, 15) is 4.79 Å². The minimum Gasteiger partial charge on any atom is -0.493 e. The van der Waals surface area contributed by atoms with Crippen LogP contribution < -0.4 is 14.8 Å². The number of nitrogens with one attached hydrogen (secondary N) is 1. The van der Waals surface area contributed by atoms with Crippen molar-refractivity contribution in [3.05, 3.63) is 93.5 Å². The molecular formula is C24H21Cl2NO3. The highest BCUT2D eigenvalue weighted by atomic mass is 35.5. The van der Waals surface area contributed by atoms with Gasteiger partial charge in [-0.05, 0) is 66.1 Å². The van der Waals surface area contributed by atoms with Crippen LogP contribution in [0.15, 0.2) is 66.7 Å². The molecule has 0 spiro atoms. The number of anilines is 1. The molecule has 0 aromatic heterocycles. The molecule has 0 unspecified atom stereocenters. The minimum atomic E-state index is -0.253. The molecule has 0 aliphatic heterocycles. The molecule has 0 aliphatic carbocycles. The van der Waals surface area contributed by atoms with E-state index in [0.29, 0.717) is 33.8 Å². The quantitative estimate of drug-likeness (QED) is 0.423. The molecule has 1 amide bonds. The van der Waals surface area contributed by atoms with Gasteiger partial charge in [0, 0.05) is 21.8 Å². The van der Waals surface area contributed by atoms with Crippen LogP contribution >= 0.6 is 23.2 Å². The van der Waals surface area contributed by atoms with Crippen molar-refractivity contribution < 1.29 is 14.3 Å². The lowest BCUT2D eigenvalue weighted by atomic mass is 10.1. The van der Waals surface area contributed by atoms with Crippen LogP contribution in [0.4, 0.5) is 5.69 Å². The number of hydrogen-bond donors (Lipinski definition) is 1. The Morgan fingerprint density at radius 1 is 1.00 bits per heavy atom. The van der Waals surface area contributed by atoms with Crippen LogP contribution in [-0.4, -0.2) is 13.0 Å². The zero-order valence-corrected chi connectivity index (χ0v) is 18.1. The van der Waals surface area contributed by atoms with Crippen molar-refractivity contribution in [3.63, 3.8) is 0 Å². The summed E-state index contributed by atoms with van der Waals surface area (Å²) < 4.78 is 11.3. The third-order valence-corrected chi connectivity index (χ3v) is 5.02. The average Bonchev–Trinajstić information content (AvgIpc) is 2.74. The summed E-state index contributed by atoms with van der Waals surface area (Å²) >= 11 is 12.0. The van der Waals surface area contributed by atoms with Crippen LogP contribution in [0, 0.1) is 6.92 Å². The van der Waals surface area contributed by atoms with E-state index in [-0.39, 0.29) is 5.91 Å². The number of aryl methyl sites for hydroxylation is 1. The number of methoxy groups -OCH3 is 1. The van der Waals surface area contributed by atoms with E-state index in [1.165, 1.54) is 6.08 Å². The first-order valence-electron chi connectivity index (χ1n) is 9.25. The van der Waals surface area contributed by atoms with Crippen molar-refractivity contribution >= 4 is 40.9 Å². The predicted octanol–water partition coefficient (Wildman–Crippen LogP) is 6.54. The fourth-order valence-corrected chi connectivity index (χ4v) is 2.98. The Hall–Kier alpha value is -2.95. The number of rotatable bonds is 7. The highest BCUT2D eigenvalue weighted by molar-refractivity contribution is 6.31. The standard InChI is InChI=1S/C24H21Cl2NO3/c1-16-3-10-20(14-21(16)26)27-24(28)12-7-17-6-11-22(23(13-17)29-2)30-15-18-4-8-19(25)9-5-18/h3-14H,15H2,1-2H3,(H,27,28)/b12-7+. The Balaban J connectivity index is 1.63. The molecule has 6 heteroatoms. The molecule has 154 valence electrons. The molecule has 0 aliphatic rings. The number of hydrogen-bond acceptors (Lipinski definition) is 3. The molecule has 0 atom stereocenters. The molecule has 30 heavy (non-hydrogen) atoms. The summed E-state index contributed by atoms with van der Waals surface area (Å²) in [5.74, 6) is 0.942. The van der Waals surface area contributed by atoms with Gasteiger partial charge < -0.3 is 14.8 Å². The van der Waals surface area contributed by atoms with Crippen molar-refractivity contribution in [2.75, 3.05) is 12.4 Å². The first-order valence-corrected chi connectivity index (χ1v) is 10.0. The Morgan fingerprint density at radius 2 is 1.77 bits per heavy atom. The van der Waals surface area contributed by atoms with E-state index in [0.717, 1.165) is 16.7 Å². The second-order valence-electron chi connectivity index (χ2n) is 6.61. The maximum Gasteiger partial charge on any atom is 0.248 e. The van der Waals surface area contributed by atoms with Gasteiger partial charge in [-0.3, -0.25) is 4.79 Å².